The van der Waals surface area contributed by atoms with Gasteiger partial charge in [0, 0.05) is 6.42 Å². The van der Waals surface area contributed by atoms with Crippen molar-refractivity contribution in [2.24, 2.45) is 4.99 Å². The molecule has 0 fully saturated rings. The number of benzene rings is 1. The monoisotopic (exact) mass is 355 g/mol. The van der Waals surface area contributed by atoms with Crippen LogP contribution in [0.5, 0.6) is 5.75 Å². The van der Waals surface area contributed by atoms with Crippen molar-refractivity contribution in [1.29, 1.82) is 0 Å². The van der Waals surface area contributed by atoms with Gasteiger partial charge in [-0.3, -0.25) is 0 Å². The molecule has 1 aliphatic rings. The Kier molecular flexibility index (Phi) is 5.72. The van der Waals surface area contributed by atoms with Gasteiger partial charge in [0.25, 0.3) is 0 Å². The van der Waals surface area contributed by atoms with Gasteiger partial charge in [-0.05, 0) is 48.3 Å². The fourth-order valence-electron chi connectivity index (χ4n) is 2.10. The molecule has 0 aliphatic carbocycles. The van der Waals surface area contributed by atoms with Gasteiger partial charge in [0.2, 0.25) is 0 Å². The van der Waals surface area contributed by atoms with Crippen LogP contribution in [0.1, 0.15) is 31.7 Å². The van der Waals surface area contributed by atoms with Crippen LogP contribution in [0.15, 0.2) is 46.6 Å². The highest BCUT2D eigenvalue weighted by Crippen LogP contribution is 2.28. The fourth-order valence-corrected chi connectivity index (χ4v) is 2.30. The Balaban J connectivity index is 2.27. The van der Waals surface area contributed by atoms with E-state index in [0.29, 0.717) is 18.4 Å². The molecule has 1 aromatic carbocycles. The summed E-state index contributed by atoms with van der Waals surface area (Å²) < 4.78 is 31.1. The van der Waals surface area contributed by atoms with Crippen LogP contribution < -0.4 is 4.74 Å². The van der Waals surface area contributed by atoms with Crippen molar-refractivity contribution in [1.82, 2.24) is 0 Å². The van der Waals surface area contributed by atoms with E-state index in [-0.39, 0.29) is 16.6 Å². The molecule has 1 heterocycles. The molecule has 0 saturated heterocycles. The summed E-state index contributed by atoms with van der Waals surface area (Å²) in [6.45, 7) is 1.33. The first kappa shape index (κ1) is 18.1. The molecule has 0 radical (unpaired) electrons. The minimum Gasteiger partial charge on any atom is -0.477 e. The summed E-state index contributed by atoms with van der Waals surface area (Å²) in [5.74, 6) is -1.14. The predicted molar refractivity (Wildman–Crippen MR) is 88.5 cm³/mol. The lowest BCUT2D eigenvalue weighted by Crippen LogP contribution is -2.23. The minimum atomic E-state index is -3.22. The lowest BCUT2D eigenvalue weighted by molar-refractivity contribution is -0.177. The third-order valence-electron chi connectivity index (χ3n) is 3.39. The average molecular weight is 356 g/mol. The van der Waals surface area contributed by atoms with Gasteiger partial charge >= 0.3 is 12.1 Å². The molecule has 24 heavy (non-hydrogen) atoms. The van der Waals surface area contributed by atoms with Crippen molar-refractivity contribution < 1.29 is 23.4 Å². The Bertz CT molecular complexity index is 709. The maximum absolute atomic E-state index is 13.2. The van der Waals surface area contributed by atoms with Crippen LogP contribution in [0.2, 0.25) is 0 Å². The highest BCUT2D eigenvalue weighted by Gasteiger charge is 2.28. The fraction of sp³-hybridized carbons (Fsp3) is 0.294. The number of ether oxygens (including phenoxy) is 1. The third-order valence-corrected chi connectivity index (χ3v) is 3.63. The zero-order valence-electron chi connectivity index (χ0n) is 12.9. The summed E-state index contributed by atoms with van der Waals surface area (Å²) in [7, 11) is 0. The Morgan fingerprint density at radius 2 is 2.04 bits per heavy atom. The molecule has 2 rings (SSSR count). The Labute approximate surface area is 143 Å². The van der Waals surface area contributed by atoms with Crippen LogP contribution in [0.4, 0.5) is 8.78 Å². The number of aliphatic imine (C=N–C) groups is 1. The molecule has 0 unspecified atom stereocenters. The highest BCUT2D eigenvalue weighted by atomic mass is 35.5. The first-order valence-corrected chi connectivity index (χ1v) is 7.74. The van der Waals surface area contributed by atoms with Gasteiger partial charge in [-0.1, -0.05) is 30.7 Å². The summed E-state index contributed by atoms with van der Waals surface area (Å²) in [5.41, 5.74) is 1.26. The topological polar surface area (TPSA) is 58.9 Å². The maximum Gasteiger partial charge on any atom is 0.397 e. The van der Waals surface area contributed by atoms with Crippen molar-refractivity contribution in [3.05, 3.63) is 47.1 Å². The van der Waals surface area contributed by atoms with Gasteiger partial charge in [0.1, 0.15) is 16.6 Å². The number of alkyl halides is 2. The molecule has 0 atom stereocenters. The highest BCUT2D eigenvalue weighted by molar-refractivity contribution is 6.43. The second kappa shape index (κ2) is 7.57. The number of rotatable bonds is 5. The first-order chi connectivity index (χ1) is 11.3. The predicted octanol–water partition coefficient (Wildman–Crippen LogP) is 4.85. The second-order valence-corrected chi connectivity index (χ2v) is 5.54. The Morgan fingerprint density at radius 1 is 1.38 bits per heavy atom. The summed E-state index contributed by atoms with van der Waals surface area (Å²) in [5, 5.41) is 9.30. The van der Waals surface area contributed by atoms with E-state index in [4.69, 9.17) is 11.6 Å². The summed E-state index contributed by atoms with van der Waals surface area (Å²) in [4.78, 5) is 15.1. The van der Waals surface area contributed by atoms with Gasteiger partial charge in [-0.25, -0.2) is 9.79 Å². The molecule has 0 bridgehead atoms. The molecule has 0 saturated carbocycles. The van der Waals surface area contributed by atoms with E-state index in [9.17, 15) is 18.7 Å². The number of carboxylic acid groups (broad SMARTS) is 1. The standard InChI is InChI=1S/C17H16ClF2NO3/c1-2-17(19,20)24-13-8-6-11(7-9-13)12-4-3-5-15(18)21-14(10-12)16(22)23/h5-10H,2-4H2,1H3,(H,22,23)/b12-10+,15-5-,21-14+. The van der Waals surface area contributed by atoms with E-state index >= 15 is 0 Å². The van der Waals surface area contributed by atoms with Crippen LogP contribution >= 0.6 is 11.6 Å². The van der Waals surface area contributed by atoms with Crippen molar-refractivity contribution in [2.45, 2.75) is 32.3 Å². The molecule has 1 aromatic rings. The van der Waals surface area contributed by atoms with Crippen LogP contribution in [0, 0.1) is 0 Å². The number of allylic oxidation sites excluding steroid dienone is 2. The van der Waals surface area contributed by atoms with Gasteiger partial charge in [0.15, 0.2) is 0 Å². The van der Waals surface area contributed by atoms with Gasteiger partial charge in [-0.15, -0.1) is 0 Å². The van der Waals surface area contributed by atoms with Gasteiger partial charge in [0.05, 0.1) is 0 Å². The second-order valence-electron chi connectivity index (χ2n) is 5.15. The van der Waals surface area contributed by atoms with Crippen molar-refractivity contribution >= 4 is 28.9 Å². The molecule has 128 valence electrons. The smallest absolute Gasteiger partial charge is 0.397 e. The van der Waals surface area contributed by atoms with Crippen molar-refractivity contribution in [3.63, 3.8) is 0 Å². The largest absolute Gasteiger partial charge is 0.477 e. The average Bonchev–Trinajstić information content (AvgIpc) is 2.51. The van der Waals surface area contributed by atoms with Crippen LogP contribution in [0.3, 0.4) is 0 Å². The zero-order chi connectivity index (χ0) is 17.7. The lowest BCUT2D eigenvalue weighted by Gasteiger charge is -2.16. The van der Waals surface area contributed by atoms with Crippen molar-refractivity contribution in [2.75, 3.05) is 0 Å². The van der Waals surface area contributed by atoms with E-state index in [0.717, 1.165) is 5.57 Å². The minimum absolute atomic E-state index is 0.0482. The Hall–Kier alpha value is -2.21. The molecule has 4 nitrogen and oxygen atoms in total. The molecule has 0 aromatic heterocycles. The quantitative estimate of drug-likeness (QED) is 0.768. The van der Waals surface area contributed by atoms with Crippen molar-refractivity contribution in [3.8, 4) is 5.75 Å². The van der Waals surface area contributed by atoms with Crippen LogP contribution in [-0.4, -0.2) is 22.9 Å². The molecular weight excluding hydrogens is 340 g/mol. The number of carbonyl (C=O) groups is 1. The number of aliphatic carboxylic acids is 1. The number of nitrogens with zero attached hydrogens (tertiary/aromatic N) is 1. The van der Waals surface area contributed by atoms with E-state index in [1.807, 2.05) is 0 Å². The number of halogens is 3. The molecule has 7 heteroatoms. The molecule has 0 spiro atoms. The summed E-state index contributed by atoms with van der Waals surface area (Å²) >= 11 is 5.82. The SMILES string of the molecule is CCC(F)(F)Oc1ccc(/C2=C/C(C(=O)O)=N\C(Cl)=C/CC2)cc1. The van der Waals surface area contributed by atoms with E-state index in [1.165, 1.54) is 25.1 Å². The van der Waals surface area contributed by atoms with Gasteiger partial charge < -0.3 is 9.84 Å². The van der Waals surface area contributed by atoms with Gasteiger partial charge in [-0.2, -0.15) is 8.78 Å². The zero-order valence-corrected chi connectivity index (χ0v) is 13.7. The molecule has 1 N–H and O–H groups in total. The van der Waals surface area contributed by atoms with Crippen LogP contribution in [0.25, 0.3) is 5.57 Å². The Morgan fingerprint density at radius 3 is 2.62 bits per heavy atom. The van der Waals surface area contributed by atoms with E-state index in [1.54, 1.807) is 18.2 Å². The maximum atomic E-state index is 13.2. The summed E-state index contributed by atoms with van der Waals surface area (Å²) in [6, 6.07) is 6.08. The number of carboxylic acids is 1. The third kappa shape index (κ3) is 4.89. The summed E-state index contributed by atoms with van der Waals surface area (Å²) in [6.07, 6.45) is 0.573. The van der Waals surface area contributed by atoms with E-state index in [2.05, 4.69) is 9.73 Å². The molecular formula is C17H16ClF2NO3. The van der Waals surface area contributed by atoms with Crippen LogP contribution in [-0.2, 0) is 4.79 Å². The molecule has 0 amide bonds. The normalized spacial score (nSPS) is 22.1. The number of hydrogen-bond acceptors (Lipinski definition) is 3. The number of hydrogen-bond donors (Lipinski definition) is 1. The lowest BCUT2D eigenvalue weighted by atomic mass is 9.98. The molecule has 1 aliphatic heterocycles. The van der Waals surface area contributed by atoms with E-state index < -0.39 is 18.5 Å². The first-order valence-electron chi connectivity index (χ1n) is 7.36.